The van der Waals surface area contributed by atoms with Crippen LogP contribution >= 0.6 is 0 Å². The van der Waals surface area contributed by atoms with Gasteiger partial charge in [0.1, 0.15) is 6.61 Å². The van der Waals surface area contributed by atoms with E-state index in [-0.39, 0.29) is 5.70 Å². The Hall–Kier alpha value is -1.94. The standard InChI is InChI=1S/C11H11NO3/c13-9-11(12(14)15)8-4-7-10-5-2-1-3-6-10/h1-8,13H,9H2. The van der Waals surface area contributed by atoms with E-state index < -0.39 is 11.5 Å². The number of benzene rings is 1. The second kappa shape index (κ2) is 5.72. The van der Waals surface area contributed by atoms with E-state index in [1.807, 2.05) is 30.3 Å². The summed E-state index contributed by atoms with van der Waals surface area (Å²) in [5.74, 6) is 0. The number of nitrogens with zero attached hydrogens (tertiary/aromatic N) is 1. The van der Waals surface area contributed by atoms with Crippen molar-refractivity contribution in [2.24, 2.45) is 0 Å². The number of nitro groups is 1. The van der Waals surface area contributed by atoms with Crippen molar-refractivity contribution in [3.05, 3.63) is 63.9 Å². The zero-order chi connectivity index (χ0) is 11.1. The van der Waals surface area contributed by atoms with Gasteiger partial charge in [0.2, 0.25) is 0 Å². The molecule has 0 radical (unpaired) electrons. The minimum absolute atomic E-state index is 0.220. The molecule has 1 N–H and O–H groups in total. The SMILES string of the molecule is O=[N+]([O-])C(=CC=Cc1ccccc1)CO. The highest BCUT2D eigenvalue weighted by molar-refractivity contribution is 5.50. The van der Waals surface area contributed by atoms with Crippen LogP contribution in [0.4, 0.5) is 0 Å². The lowest BCUT2D eigenvalue weighted by Crippen LogP contribution is -2.02. The quantitative estimate of drug-likeness (QED) is 0.463. The van der Waals surface area contributed by atoms with Crippen molar-refractivity contribution in [2.45, 2.75) is 0 Å². The zero-order valence-electron chi connectivity index (χ0n) is 8.04. The molecule has 1 rings (SSSR count). The Kier molecular flexibility index (Phi) is 4.25. The molecule has 0 atom stereocenters. The fourth-order valence-corrected chi connectivity index (χ4v) is 1.01. The maximum atomic E-state index is 10.3. The number of hydrogen-bond acceptors (Lipinski definition) is 3. The molecule has 0 aromatic heterocycles. The van der Waals surface area contributed by atoms with Gasteiger partial charge in [0.05, 0.1) is 4.92 Å². The maximum Gasteiger partial charge on any atom is 0.271 e. The number of rotatable bonds is 4. The van der Waals surface area contributed by atoms with Crippen LogP contribution in [0.25, 0.3) is 6.08 Å². The Morgan fingerprint density at radius 2 is 2.07 bits per heavy atom. The minimum atomic E-state index is -0.602. The normalized spacial score (nSPS) is 11.9. The van der Waals surface area contributed by atoms with E-state index in [0.29, 0.717) is 0 Å². The summed E-state index contributed by atoms with van der Waals surface area (Å²) in [6.07, 6.45) is 4.57. The molecular formula is C11H11NO3. The molecular weight excluding hydrogens is 194 g/mol. The van der Waals surface area contributed by atoms with Crippen LogP contribution < -0.4 is 0 Å². The molecule has 4 nitrogen and oxygen atoms in total. The van der Waals surface area contributed by atoms with Crippen molar-refractivity contribution in [3.8, 4) is 0 Å². The van der Waals surface area contributed by atoms with E-state index >= 15 is 0 Å². The van der Waals surface area contributed by atoms with Gasteiger partial charge in [-0.2, -0.15) is 0 Å². The van der Waals surface area contributed by atoms with E-state index in [9.17, 15) is 10.1 Å². The van der Waals surface area contributed by atoms with Crippen LogP contribution in [-0.2, 0) is 0 Å². The fraction of sp³-hybridized carbons (Fsp3) is 0.0909. The van der Waals surface area contributed by atoms with Gasteiger partial charge in [0.15, 0.2) is 0 Å². The highest BCUT2D eigenvalue weighted by atomic mass is 16.6. The molecule has 0 aliphatic heterocycles. The van der Waals surface area contributed by atoms with Crippen LogP contribution in [0.15, 0.2) is 48.2 Å². The fourth-order valence-electron chi connectivity index (χ4n) is 1.01. The molecule has 0 fully saturated rings. The average Bonchev–Trinajstić information content (AvgIpc) is 2.25. The molecule has 0 aliphatic carbocycles. The summed E-state index contributed by atoms with van der Waals surface area (Å²) in [6.45, 7) is -0.563. The monoisotopic (exact) mass is 205 g/mol. The molecule has 1 aromatic rings. The topological polar surface area (TPSA) is 63.4 Å². The second-order valence-electron chi connectivity index (χ2n) is 2.84. The third-order valence-electron chi connectivity index (χ3n) is 1.77. The molecule has 78 valence electrons. The molecule has 15 heavy (non-hydrogen) atoms. The first kappa shape index (κ1) is 11.1. The molecule has 0 amide bonds. The van der Waals surface area contributed by atoms with Gasteiger partial charge in [0, 0.05) is 6.08 Å². The Morgan fingerprint density at radius 3 is 2.60 bits per heavy atom. The molecule has 0 aliphatic rings. The Labute approximate surface area is 87.3 Å². The Morgan fingerprint density at radius 1 is 1.40 bits per heavy atom. The van der Waals surface area contributed by atoms with Crippen molar-refractivity contribution in [3.63, 3.8) is 0 Å². The van der Waals surface area contributed by atoms with E-state index in [1.54, 1.807) is 12.2 Å². The molecule has 0 bridgehead atoms. The van der Waals surface area contributed by atoms with Crippen LogP contribution in [0.5, 0.6) is 0 Å². The van der Waals surface area contributed by atoms with Gasteiger partial charge in [0.25, 0.3) is 5.70 Å². The smallest absolute Gasteiger partial charge is 0.271 e. The number of aliphatic hydroxyl groups excluding tert-OH is 1. The molecule has 0 saturated carbocycles. The molecule has 4 heteroatoms. The van der Waals surface area contributed by atoms with Gasteiger partial charge < -0.3 is 5.11 Å². The molecule has 0 unspecified atom stereocenters. The van der Waals surface area contributed by atoms with Crippen LogP contribution in [0.3, 0.4) is 0 Å². The van der Waals surface area contributed by atoms with Crippen molar-refractivity contribution < 1.29 is 10.0 Å². The Balaban J connectivity index is 2.70. The Bertz CT molecular complexity index is 382. The zero-order valence-corrected chi connectivity index (χ0v) is 8.04. The van der Waals surface area contributed by atoms with Gasteiger partial charge in [-0.3, -0.25) is 10.1 Å². The van der Waals surface area contributed by atoms with Crippen molar-refractivity contribution >= 4 is 6.08 Å². The van der Waals surface area contributed by atoms with Crippen LogP contribution in [0.1, 0.15) is 5.56 Å². The molecule has 0 saturated heterocycles. The predicted octanol–water partition coefficient (Wildman–Crippen LogP) is 1.85. The highest BCUT2D eigenvalue weighted by Crippen LogP contribution is 2.02. The summed E-state index contributed by atoms with van der Waals surface area (Å²) in [5, 5.41) is 19.0. The van der Waals surface area contributed by atoms with E-state index in [0.717, 1.165) is 5.56 Å². The second-order valence-corrected chi connectivity index (χ2v) is 2.84. The largest absolute Gasteiger partial charge is 0.385 e. The van der Waals surface area contributed by atoms with Crippen molar-refractivity contribution in [1.29, 1.82) is 0 Å². The molecule has 1 aromatic carbocycles. The maximum absolute atomic E-state index is 10.3. The summed E-state index contributed by atoms with van der Waals surface area (Å²) in [4.78, 5) is 9.71. The molecule has 0 spiro atoms. The van der Waals surface area contributed by atoms with Crippen LogP contribution in [0.2, 0.25) is 0 Å². The van der Waals surface area contributed by atoms with Gasteiger partial charge in [-0.25, -0.2) is 0 Å². The first-order valence-electron chi connectivity index (χ1n) is 4.41. The lowest BCUT2D eigenvalue weighted by atomic mass is 10.2. The minimum Gasteiger partial charge on any atom is -0.385 e. The molecule has 0 heterocycles. The van der Waals surface area contributed by atoms with Crippen molar-refractivity contribution in [1.82, 2.24) is 0 Å². The third-order valence-corrected chi connectivity index (χ3v) is 1.77. The first-order valence-corrected chi connectivity index (χ1v) is 4.41. The summed E-state index contributed by atoms with van der Waals surface area (Å²) in [6, 6.07) is 9.42. The summed E-state index contributed by atoms with van der Waals surface area (Å²) >= 11 is 0. The van der Waals surface area contributed by atoms with Gasteiger partial charge in [-0.15, -0.1) is 0 Å². The van der Waals surface area contributed by atoms with Crippen molar-refractivity contribution in [2.75, 3.05) is 6.61 Å². The predicted molar refractivity (Wildman–Crippen MR) is 57.6 cm³/mol. The summed E-state index contributed by atoms with van der Waals surface area (Å²) in [7, 11) is 0. The third kappa shape index (κ3) is 3.74. The van der Waals surface area contributed by atoms with E-state index in [4.69, 9.17) is 5.11 Å². The van der Waals surface area contributed by atoms with Crippen LogP contribution in [-0.4, -0.2) is 16.6 Å². The van der Waals surface area contributed by atoms with Gasteiger partial charge in [-0.1, -0.05) is 42.5 Å². The number of hydrogen-bond donors (Lipinski definition) is 1. The summed E-state index contributed by atoms with van der Waals surface area (Å²) < 4.78 is 0. The average molecular weight is 205 g/mol. The lowest BCUT2D eigenvalue weighted by Gasteiger charge is -1.91. The van der Waals surface area contributed by atoms with Crippen LogP contribution in [0, 0.1) is 10.1 Å². The summed E-state index contributed by atoms with van der Waals surface area (Å²) in [5.41, 5.74) is 0.733. The van der Waals surface area contributed by atoms with Gasteiger partial charge >= 0.3 is 0 Å². The van der Waals surface area contributed by atoms with E-state index in [1.165, 1.54) is 6.08 Å². The number of aliphatic hydroxyl groups is 1. The lowest BCUT2D eigenvalue weighted by molar-refractivity contribution is -0.429. The number of allylic oxidation sites excluding steroid dienone is 2. The first-order chi connectivity index (χ1) is 7.24. The highest BCUT2D eigenvalue weighted by Gasteiger charge is 2.05. The van der Waals surface area contributed by atoms with Gasteiger partial charge in [-0.05, 0) is 5.56 Å². The van der Waals surface area contributed by atoms with E-state index in [2.05, 4.69) is 0 Å².